The van der Waals surface area contributed by atoms with Gasteiger partial charge < -0.3 is 24.0 Å². The minimum Gasteiger partial charge on any atom is -1.00 e. The summed E-state index contributed by atoms with van der Waals surface area (Å²) in [5, 5.41) is 0. The standard InChI is InChI=1S/C6H7INS2.HI/c7-3-5-4-10-6-8(5)1-2-9-6;/h3H,1-2,4H2;1H/q+1;/p-1. The van der Waals surface area contributed by atoms with E-state index in [-0.39, 0.29) is 24.0 Å². The van der Waals surface area contributed by atoms with Gasteiger partial charge in [-0.15, -0.1) is 0 Å². The molecule has 0 spiro atoms. The largest absolute Gasteiger partial charge is 1.00 e. The van der Waals surface area contributed by atoms with Crippen LogP contribution < -0.4 is 24.0 Å². The molecule has 0 unspecified atom stereocenters. The summed E-state index contributed by atoms with van der Waals surface area (Å²) in [5.74, 6) is 2.46. The molecule has 0 atom stereocenters. The fraction of sp³-hybridized carbons (Fsp3) is 0.500. The second kappa shape index (κ2) is 4.71. The predicted molar refractivity (Wildman–Crippen MR) is 57.2 cm³/mol. The lowest BCUT2D eigenvalue weighted by Crippen LogP contribution is -3.00. The van der Waals surface area contributed by atoms with Gasteiger partial charge in [0.05, 0.1) is 11.5 Å². The van der Waals surface area contributed by atoms with Crippen LogP contribution in [0.1, 0.15) is 0 Å². The second-order valence-electron chi connectivity index (χ2n) is 2.16. The zero-order chi connectivity index (χ0) is 6.97. The van der Waals surface area contributed by atoms with Gasteiger partial charge in [-0.3, -0.25) is 0 Å². The van der Waals surface area contributed by atoms with Crippen molar-refractivity contribution >= 4 is 50.5 Å². The summed E-state index contributed by atoms with van der Waals surface area (Å²) in [7, 11) is 0. The first kappa shape index (κ1) is 10.6. The Hall–Kier alpha value is 1.57. The van der Waals surface area contributed by atoms with E-state index < -0.39 is 0 Å². The summed E-state index contributed by atoms with van der Waals surface area (Å²) in [6.45, 7) is 1.22. The van der Waals surface area contributed by atoms with Gasteiger partial charge >= 0.3 is 0 Å². The number of rotatable bonds is 0. The highest BCUT2D eigenvalue weighted by molar-refractivity contribution is 14.1. The van der Waals surface area contributed by atoms with Crippen molar-refractivity contribution in [1.82, 2.24) is 0 Å². The van der Waals surface area contributed by atoms with Crippen molar-refractivity contribution in [3.8, 4) is 0 Å². The van der Waals surface area contributed by atoms with Gasteiger partial charge in [0.2, 0.25) is 0 Å². The number of hydrogen-bond acceptors (Lipinski definition) is 2. The number of halogens is 2. The molecule has 2 rings (SSSR count). The highest BCUT2D eigenvalue weighted by Gasteiger charge is 2.33. The van der Waals surface area contributed by atoms with E-state index in [1.807, 2.05) is 23.5 Å². The summed E-state index contributed by atoms with van der Waals surface area (Å²) in [6.07, 6.45) is 0. The Morgan fingerprint density at radius 2 is 2.27 bits per heavy atom. The molecule has 0 aromatic carbocycles. The Bertz CT molecular complexity index is 225. The van der Waals surface area contributed by atoms with Gasteiger partial charge in [0.1, 0.15) is 0 Å². The van der Waals surface area contributed by atoms with Crippen LogP contribution in [0.2, 0.25) is 0 Å². The van der Waals surface area contributed by atoms with Crippen molar-refractivity contribution in [3.05, 3.63) is 9.78 Å². The molecule has 1 nitrogen and oxygen atoms in total. The molecular formula is C6H7I2NS2. The molecule has 0 radical (unpaired) electrons. The van der Waals surface area contributed by atoms with Crippen LogP contribution in [0, 0.1) is 0 Å². The molecule has 0 amide bonds. The molecular weight excluding hydrogens is 404 g/mol. The molecule has 2 aliphatic heterocycles. The summed E-state index contributed by atoms with van der Waals surface area (Å²) in [6, 6.07) is 0. The predicted octanol–water partition coefficient (Wildman–Crippen LogP) is -0.871. The van der Waals surface area contributed by atoms with Gasteiger partial charge in [0.15, 0.2) is 12.2 Å². The van der Waals surface area contributed by atoms with E-state index >= 15 is 0 Å². The Balaban J connectivity index is 0.000000605. The molecule has 0 aromatic heterocycles. The Morgan fingerprint density at radius 3 is 3.00 bits per heavy atom. The summed E-state index contributed by atoms with van der Waals surface area (Å²) in [5.41, 5.74) is 1.49. The average molecular weight is 411 g/mol. The lowest BCUT2D eigenvalue weighted by atomic mass is 10.5. The van der Waals surface area contributed by atoms with E-state index in [0.29, 0.717) is 0 Å². The van der Waals surface area contributed by atoms with Crippen LogP contribution in [-0.4, -0.2) is 27.0 Å². The quantitative estimate of drug-likeness (QED) is 0.377. The van der Waals surface area contributed by atoms with Crippen LogP contribution in [0.4, 0.5) is 0 Å². The first-order valence-corrected chi connectivity index (χ1v) is 6.33. The first-order chi connectivity index (χ1) is 4.92. The molecule has 0 saturated heterocycles. The number of thioether (sulfide) groups is 2. The summed E-state index contributed by atoms with van der Waals surface area (Å²) >= 11 is 6.30. The van der Waals surface area contributed by atoms with Crippen LogP contribution >= 0.6 is 46.1 Å². The van der Waals surface area contributed by atoms with Crippen LogP contribution in [0.5, 0.6) is 0 Å². The van der Waals surface area contributed by atoms with Crippen LogP contribution in [0.3, 0.4) is 0 Å². The SMILES string of the molecule is IC=C1CSC2=[N+]1CCS2.[I-]. The normalized spacial score (nSPS) is 25.7. The van der Waals surface area contributed by atoms with Crippen LogP contribution in [0.15, 0.2) is 9.78 Å². The van der Waals surface area contributed by atoms with E-state index in [9.17, 15) is 0 Å². The molecule has 11 heavy (non-hydrogen) atoms. The zero-order valence-corrected chi connectivity index (χ0v) is 11.7. The van der Waals surface area contributed by atoms with Crippen molar-refractivity contribution in [2.45, 2.75) is 0 Å². The molecule has 0 bridgehead atoms. The molecule has 5 heteroatoms. The van der Waals surface area contributed by atoms with Gasteiger partial charge in [-0.2, -0.15) is 4.58 Å². The van der Waals surface area contributed by atoms with E-state index in [1.165, 1.54) is 28.1 Å². The lowest BCUT2D eigenvalue weighted by Gasteiger charge is -1.89. The fourth-order valence-electron chi connectivity index (χ4n) is 1.08. The minimum atomic E-state index is 0. The molecule has 2 aliphatic rings. The van der Waals surface area contributed by atoms with Gasteiger partial charge in [0.25, 0.3) is 4.38 Å². The zero-order valence-electron chi connectivity index (χ0n) is 5.72. The summed E-state index contributed by atoms with van der Waals surface area (Å²) < 4.78 is 6.15. The van der Waals surface area contributed by atoms with Crippen molar-refractivity contribution in [2.75, 3.05) is 18.1 Å². The van der Waals surface area contributed by atoms with Crippen molar-refractivity contribution in [1.29, 1.82) is 0 Å². The second-order valence-corrected chi connectivity index (χ2v) is 5.08. The highest BCUT2D eigenvalue weighted by Crippen LogP contribution is 2.32. The van der Waals surface area contributed by atoms with E-state index in [1.54, 1.807) is 0 Å². The van der Waals surface area contributed by atoms with E-state index in [2.05, 4.69) is 31.2 Å². The monoisotopic (exact) mass is 411 g/mol. The molecule has 62 valence electrons. The third kappa shape index (κ3) is 2.08. The summed E-state index contributed by atoms with van der Waals surface area (Å²) in [4.78, 5) is 0. The Kier molecular flexibility index (Phi) is 4.56. The number of nitrogens with zero attached hydrogens (tertiary/aromatic N) is 1. The lowest BCUT2D eigenvalue weighted by molar-refractivity contribution is -0.459. The maximum Gasteiger partial charge on any atom is 0.276 e. The third-order valence-corrected chi connectivity index (χ3v) is 4.76. The fourth-order valence-corrected chi connectivity index (χ4v) is 4.38. The van der Waals surface area contributed by atoms with Crippen molar-refractivity contribution in [2.24, 2.45) is 0 Å². The molecule has 0 saturated carbocycles. The van der Waals surface area contributed by atoms with Crippen molar-refractivity contribution in [3.63, 3.8) is 0 Å². The average Bonchev–Trinajstić information content (AvgIpc) is 2.44. The van der Waals surface area contributed by atoms with Crippen molar-refractivity contribution < 1.29 is 28.6 Å². The van der Waals surface area contributed by atoms with Gasteiger partial charge in [0, 0.05) is 4.08 Å². The van der Waals surface area contributed by atoms with Gasteiger partial charge in [-0.1, -0.05) is 0 Å². The van der Waals surface area contributed by atoms with Crippen LogP contribution in [-0.2, 0) is 0 Å². The van der Waals surface area contributed by atoms with Gasteiger partial charge in [-0.25, -0.2) is 0 Å². The first-order valence-electron chi connectivity index (χ1n) is 3.11. The molecule has 0 aliphatic carbocycles. The maximum absolute atomic E-state index is 2.43. The Morgan fingerprint density at radius 1 is 1.45 bits per heavy atom. The molecule has 0 fully saturated rings. The Labute approximate surface area is 106 Å². The topological polar surface area (TPSA) is 3.01 Å². The molecule has 0 N–H and O–H groups in total. The third-order valence-electron chi connectivity index (χ3n) is 1.58. The molecule has 2 heterocycles. The van der Waals surface area contributed by atoms with E-state index in [0.717, 1.165) is 0 Å². The van der Waals surface area contributed by atoms with Crippen LogP contribution in [0.25, 0.3) is 0 Å². The number of hydrogen-bond donors (Lipinski definition) is 0. The maximum atomic E-state index is 2.43. The minimum absolute atomic E-state index is 0. The molecule has 0 aromatic rings. The van der Waals surface area contributed by atoms with E-state index in [4.69, 9.17) is 0 Å². The van der Waals surface area contributed by atoms with Gasteiger partial charge in [-0.05, 0) is 46.1 Å². The smallest absolute Gasteiger partial charge is 0.276 e. The highest BCUT2D eigenvalue weighted by atomic mass is 127.